The fourth-order valence-corrected chi connectivity index (χ4v) is 5.68. The summed E-state index contributed by atoms with van der Waals surface area (Å²) in [5.74, 6) is -0.289. The zero-order valence-corrected chi connectivity index (χ0v) is 20.7. The third-order valence-corrected chi connectivity index (χ3v) is 7.59. The first-order valence-electron chi connectivity index (χ1n) is 11.1. The van der Waals surface area contributed by atoms with E-state index in [0.29, 0.717) is 25.6 Å². The number of benzene rings is 1. The number of sulfonamides is 1. The molecular weight excluding hydrogens is 446 g/mol. The molecule has 1 aromatic carbocycles. The van der Waals surface area contributed by atoms with Crippen LogP contribution in [0.3, 0.4) is 0 Å². The van der Waals surface area contributed by atoms with Crippen LogP contribution in [0.1, 0.15) is 48.3 Å². The lowest BCUT2D eigenvalue weighted by atomic mass is 10.0. The van der Waals surface area contributed by atoms with Crippen LogP contribution in [0.5, 0.6) is 5.75 Å². The molecule has 0 spiro atoms. The monoisotopic (exact) mass is 479 g/mol. The molecule has 1 aliphatic heterocycles. The van der Waals surface area contributed by atoms with Gasteiger partial charge in [0.1, 0.15) is 17.1 Å². The van der Waals surface area contributed by atoms with Crippen molar-refractivity contribution in [1.82, 2.24) is 9.78 Å². The first-order chi connectivity index (χ1) is 15.5. The number of aromatic nitrogens is 2. The van der Waals surface area contributed by atoms with Gasteiger partial charge in [-0.05, 0) is 56.7 Å². The quantitative estimate of drug-likeness (QED) is 0.587. The van der Waals surface area contributed by atoms with Crippen LogP contribution in [0.25, 0.3) is 0 Å². The van der Waals surface area contributed by atoms with E-state index in [-0.39, 0.29) is 34.6 Å². The first kappa shape index (κ1) is 25.0. The molecule has 0 radical (unpaired) electrons. The lowest BCUT2D eigenvalue weighted by Crippen LogP contribution is -2.36. The van der Waals surface area contributed by atoms with Crippen LogP contribution >= 0.6 is 0 Å². The number of carbonyl (C=O) groups is 1. The van der Waals surface area contributed by atoms with Gasteiger partial charge in [0.2, 0.25) is 0 Å². The third kappa shape index (κ3) is 5.50. The second-order valence-corrected chi connectivity index (χ2v) is 10.8. The predicted octanol–water partition coefficient (Wildman–Crippen LogP) is 3.39. The smallest absolute Gasteiger partial charge is 0.339 e. The van der Waals surface area contributed by atoms with E-state index in [1.807, 2.05) is 27.7 Å². The zero-order valence-electron chi connectivity index (χ0n) is 19.9. The van der Waals surface area contributed by atoms with Crippen molar-refractivity contribution in [2.45, 2.75) is 45.4 Å². The number of hydrogen-bond acceptors (Lipinski definition) is 6. The first-order valence-corrected chi connectivity index (χ1v) is 12.6. The number of carboxylic acids is 1. The second kappa shape index (κ2) is 10.1. The summed E-state index contributed by atoms with van der Waals surface area (Å²) in [7, 11) is -2.35. The van der Waals surface area contributed by atoms with E-state index in [9.17, 15) is 18.3 Å². The van der Waals surface area contributed by atoms with Gasteiger partial charge in [0, 0.05) is 32.4 Å². The molecule has 1 fully saturated rings. The molecule has 2 heterocycles. The topological polar surface area (TPSA) is 111 Å². The van der Waals surface area contributed by atoms with E-state index in [0.717, 1.165) is 24.1 Å². The molecule has 0 atom stereocenters. The van der Waals surface area contributed by atoms with Crippen molar-refractivity contribution in [2.24, 2.45) is 18.9 Å². The lowest BCUT2D eigenvalue weighted by Gasteiger charge is -2.27. The highest BCUT2D eigenvalue weighted by Gasteiger charge is 2.31. The van der Waals surface area contributed by atoms with Crippen molar-refractivity contribution in [3.63, 3.8) is 0 Å². The van der Waals surface area contributed by atoms with Gasteiger partial charge in [-0.25, -0.2) is 17.5 Å². The Hall–Kier alpha value is -2.59. The van der Waals surface area contributed by atoms with Crippen LogP contribution in [-0.2, 0) is 21.8 Å². The molecule has 1 saturated heterocycles. The Morgan fingerprint density at radius 2 is 1.97 bits per heavy atom. The third-order valence-electron chi connectivity index (χ3n) is 5.84. The Kier molecular flexibility index (Phi) is 7.69. The number of hydrogen-bond donors (Lipinski definition) is 1. The molecule has 1 N–H and O–H groups in total. The summed E-state index contributed by atoms with van der Waals surface area (Å²) >= 11 is 0. The fraction of sp³-hybridized carbons (Fsp3) is 0.565. The summed E-state index contributed by atoms with van der Waals surface area (Å²) in [6.45, 7) is 9.43. The van der Waals surface area contributed by atoms with Crippen molar-refractivity contribution in [3.05, 3.63) is 35.0 Å². The van der Waals surface area contributed by atoms with Crippen molar-refractivity contribution < 1.29 is 27.8 Å². The van der Waals surface area contributed by atoms with Gasteiger partial charge in [-0.2, -0.15) is 5.10 Å². The normalized spacial score (nSPS) is 15.1. The molecule has 0 saturated carbocycles. The molecule has 182 valence electrons. The van der Waals surface area contributed by atoms with Crippen molar-refractivity contribution in [2.75, 3.05) is 30.7 Å². The lowest BCUT2D eigenvalue weighted by molar-refractivity contribution is 0.0490. The van der Waals surface area contributed by atoms with Gasteiger partial charge in [-0.15, -0.1) is 0 Å². The van der Waals surface area contributed by atoms with Crippen molar-refractivity contribution >= 4 is 21.8 Å². The molecule has 0 aliphatic carbocycles. The summed E-state index contributed by atoms with van der Waals surface area (Å²) in [5.41, 5.74) is 1.32. The van der Waals surface area contributed by atoms with Gasteiger partial charge >= 0.3 is 5.97 Å². The standard InChI is InChI=1S/C23H33N3O6S/c1-15(2)13-26(22-16(3)17(4)24-25(22)5)33(29,30)19-6-7-21(20(12-19)23(27)28)32-14-18-8-10-31-11-9-18/h6-7,12,15,18H,8-11,13-14H2,1-5H3,(H,27,28). The minimum Gasteiger partial charge on any atom is -0.492 e. The molecule has 0 bridgehead atoms. The summed E-state index contributed by atoms with van der Waals surface area (Å²) in [6.07, 6.45) is 1.70. The fourth-order valence-electron chi connectivity index (χ4n) is 3.94. The number of nitrogens with zero attached hydrogens (tertiary/aromatic N) is 3. The van der Waals surface area contributed by atoms with E-state index < -0.39 is 16.0 Å². The van der Waals surface area contributed by atoms with Crippen LogP contribution < -0.4 is 9.04 Å². The maximum absolute atomic E-state index is 13.7. The molecule has 33 heavy (non-hydrogen) atoms. The number of aryl methyl sites for hydroxylation is 2. The number of ether oxygens (including phenoxy) is 2. The van der Waals surface area contributed by atoms with Crippen LogP contribution in [0.2, 0.25) is 0 Å². The highest BCUT2D eigenvalue weighted by atomic mass is 32.2. The van der Waals surface area contributed by atoms with E-state index in [2.05, 4.69) is 5.10 Å². The Morgan fingerprint density at radius 1 is 1.30 bits per heavy atom. The van der Waals surface area contributed by atoms with Gasteiger partial charge in [0.25, 0.3) is 10.0 Å². The molecule has 3 rings (SSSR count). The minimum atomic E-state index is -4.05. The largest absolute Gasteiger partial charge is 0.492 e. The Morgan fingerprint density at radius 3 is 2.52 bits per heavy atom. The van der Waals surface area contributed by atoms with Gasteiger partial charge in [0.05, 0.1) is 17.2 Å². The summed E-state index contributed by atoms with van der Waals surface area (Å²) in [4.78, 5) is 11.9. The minimum absolute atomic E-state index is 0.0374. The Balaban J connectivity index is 1.97. The highest BCUT2D eigenvalue weighted by Crippen LogP contribution is 2.31. The van der Waals surface area contributed by atoms with Crippen LogP contribution in [0.4, 0.5) is 5.82 Å². The molecule has 1 aromatic heterocycles. The van der Waals surface area contributed by atoms with Gasteiger partial charge in [-0.1, -0.05) is 13.8 Å². The summed E-state index contributed by atoms with van der Waals surface area (Å²) < 4.78 is 41.4. The van der Waals surface area contributed by atoms with E-state index >= 15 is 0 Å². The summed E-state index contributed by atoms with van der Waals surface area (Å²) in [5, 5.41) is 14.1. The van der Waals surface area contributed by atoms with E-state index in [1.54, 1.807) is 11.7 Å². The SMILES string of the molecule is Cc1nn(C)c(N(CC(C)C)S(=O)(=O)c2ccc(OCC3CCOCC3)c(C(=O)O)c2)c1C. The maximum Gasteiger partial charge on any atom is 0.339 e. The van der Waals surface area contributed by atoms with Gasteiger partial charge in [-0.3, -0.25) is 4.68 Å². The molecule has 9 nitrogen and oxygen atoms in total. The van der Waals surface area contributed by atoms with Crippen LogP contribution in [-0.4, -0.2) is 55.6 Å². The number of aromatic carboxylic acids is 1. The van der Waals surface area contributed by atoms with E-state index in [1.165, 1.54) is 22.5 Å². The molecule has 2 aromatic rings. The zero-order chi connectivity index (χ0) is 24.3. The average Bonchev–Trinajstić information content (AvgIpc) is 3.02. The summed E-state index contributed by atoms with van der Waals surface area (Å²) in [6, 6.07) is 4.03. The molecule has 0 amide bonds. The Bertz CT molecular complexity index is 1100. The average molecular weight is 480 g/mol. The van der Waals surface area contributed by atoms with Gasteiger partial charge in [0.15, 0.2) is 0 Å². The molecule has 10 heteroatoms. The van der Waals surface area contributed by atoms with Crippen molar-refractivity contribution in [1.29, 1.82) is 0 Å². The molecule has 0 unspecified atom stereocenters. The van der Waals surface area contributed by atoms with E-state index in [4.69, 9.17) is 9.47 Å². The number of rotatable bonds is 9. The van der Waals surface area contributed by atoms with Crippen LogP contribution in [0, 0.1) is 25.7 Å². The predicted molar refractivity (Wildman–Crippen MR) is 124 cm³/mol. The Labute approximate surface area is 195 Å². The number of carboxylic acid groups (broad SMARTS) is 1. The van der Waals surface area contributed by atoms with Gasteiger partial charge < -0.3 is 14.6 Å². The number of anilines is 1. The molecular formula is C23H33N3O6S. The molecule has 1 aliphatic rings. The van der Waals surface area contributed by atoms with Crippen molar-refractivity contribution in [3.8, 4) is 5.75 Å². The second-order valence-electron chi connectivity index (χ2n) is 8.92. The van der Waals surface area contributed by atoms with Crippen LogP contribution in [0.15, 0.2) is 23.1 Å². The maximum atomic E-state index is 13.7. The highest BCUT2D eigenvalue weighted by molar-refractivity contribution is 7.92.